The number of hydrogen-bond acceptors (Lipinski definition) is 3. The van der Waals surface area contributed by atoms with Crippen molar-refractivity contribution < 1.29 is 19.1 Å². The molecule has 0 fully saturated rings. The van der Waals surface area contributed by atoms with Crippen LogP contribution in [0.3, 0.4) is 0 Å². The fourth-order valence-corrected chi connectivity index (χ4v) is 1.82. The Labute approximate surface area is 133 Å². The van der Waals surface area contributed by atoms with Gasteiger partial charge in [0, 0.05) is 0 Å². The molecule has 0 aliphatic rings. The Morgan fingerprint density at radius 2 is 1.70 bits per heavy atom. The number of halogens is 1. The molecule has 0 aliphatic heterocycles. The molecule has 0 bridgehead atoms. The first-order chi connectivity index (χ1) is 11.0. The van der Waals surface area contributed by atoms with Crippen LogP contribution in [0.15, 0.2) is 54.6 Å². The van der Waals surface area contributed by atoms with Gasteiger partial charge < -0.3 is 10.5 Å². The summed E-state index contributed by atoms with van der Waals surface area (Å²) < 4.78 is 18.4. The number of hydrogen-bond donors (Lipinski definition) is 2. The van der Waals surface area contributed by atoms with E-state index in [0.29, 0.717) is 16.6 Å². The summed E-state index contributed by atoms with van der Waals surface area (Å²) in [6.07, 6.45) is 3.39. The number of benzene rings is 2. The number of rotatable bonds is 5. The quantitative estimate of drug-likeness (QED) is 0.651. The molecule has 5 nitrogen and oxygen atoms in total. The molecule has 3 N–H and O–H groups in total. The number of ether oxygens (including phenoxy) is 1. The van der Waals surface area contributed by atoms with Gasteiger partial charge in [0.05, 0.1) is 6.04 Å². The molecule has 2 amide bonds. The first-order valence-corrected chi connectivity index (χ1v) is 6.95. The van der Waals surface area contributed by atoms with E-state index in [9.17, 15) is 14.4 Å². The molecule has 0 aliphatic carbocycles. The summed E-state index contributed by atoms with van der Waals surface area (Å²) >= 11 is 0. The van der Waals surface area contributed by atoms with Gasteiger partial charge in [0.15, 0.2) is 0 Å². The Bertz CT molecular complexity index is 684. The molecule has 0 saturated carbocycles. The van der Waals surface area contributed by atoms with Crippen molar-refractivity contribution in [3.05, 3.63) is 66.0 Å². The monoisotopic (exact) mass is 316 g/mol. The molecule has 0 radical (unpaired) electrons. The second-order valence-corrected chi connectivity index (χ2v) is 4.91. The average molecular weight is 316 g/mol. The van der Waals surface area contributed by atoms with E-state index < -0.39 is 12.1 Å². The first-order valence-electron chi connectivity index (χ1n) is 6.95. The molecule has 120 valence electrons. The lowest BCUT2D eigenvalue weighted by Gasteiger charge is -2.16. The van der Waals surface area contributed by atoms with Crippen molar-refractivity contribution >= 4 is 12.1 Å². The van der Waals surface area contributed by atoms with Crippen LogP contribution in [0.1, 0.15) is 12.5 Å². The Hall–Kier alpha value is -2.86. The molecule has 0 aromatic heterocycles. The van der Waals surface area contributed by atoms with Gasteiger partial charge in [-0.1, -0.05) is 24.3 Å². The molecule has 2 aromatic carbocycles. The Balaban J connectivity index is 1.99. The van der Waals surface area contributed by atoms with E-state index in [1.54, 1.807) is 43.3 Å². The summed E-state index contributed by atoms with van der Waals surface area (Å²) in [4.78, 5) is 10.8. The van der Waals surface area contributed by atoms with Crippen LogP contribution in [-0.4, -0.2) is 22.3 Å². The number of nitrogens with two attached hydrogens (primary N) is 1. The summed E-state index contributed by atoms with van der Waals surface area (Å²) in [6.45, 7) is 1.63. The van der Waals surface area contributed by atoms with Gasteiger partial charge in [0.25, 0.3) is 0 Å². The normalized spacial score (nSPS) is 12.1. The minimum atomic E-state index is -0.912. The number of hydroxylamine groups is 2. The number of urea groups is 1. The molecule has 1 atom stereocenters. The topological polar surface area (TPSA) is 75.8 Å². The molecular weight excluding hydrogens is 299 g/mol. The molecule has 2 aromatic rings. The maximum Gasteiger partial charge on any atom is 0.339 e. The Morgan fingerprint density at radius 1 is 1.17 bits per heavy atom. The van der Waals surface area contributed by atoms with Crippen molar-refractivity contribution in [2.24, 2.45) is 5.73 Å². The molecule has 0 spiro atoms. The maximum absolute atomic E-state index is 12.8. The van der Waals surface area contributed by atoms with Crippen LogP contribution in [-0.2, 0) is 0 Å². The van der Waals surface area contributed by atoms with Crippen molar-refractivity contribution in [3.8, 4) is 11.5 Å². The van der Waals surface area contributed by atoms with Crippen LogP contribution < -0.4 is 10.5 Å². The molecule has 0 saturated heterocycles. The van der Waals surface area contributed by atoms with Crippen LogP contribution in [0.25, 0.3) is 6.08 Å². The molecule has 2 rings (SSSR count). The van der Waals surface area contributed by atoms with Crippen molar-refractivity contribution in [3.63, 3.8) is 0 Å². The van der Waals surface area contributed by atoms with E-state index in [1.165, 1.54) is 12.1 Å². The fraction of sp³-hybridized carbons (Fsp3) is 0.118. The zero-order valence-electron chi connectivity index (χ0n) is 12.5. The number of amides is 2. The molecule has 1 unspecified atom stereocenters. The van der Waals surface area contributed by atoms with Crippen molar-refractivity contribution in [1.82, 2.24) is 5.06 Å². The van der Waals surface area contributed by atoms with Gasteiger partial charge in [-0.05, 0) is 48.9 Å². The lowest BCUT2D eigenvalue weighted by molar-refractivity contribution is -0.0560. The SMILES string of the molecule is CC(/C=C/c1ccc(Oc2ccc(F)cc2)cc1)N(O)C(N)=O. The summed E-state index contributed by atoms with van der Waals surface area (Å²) in [5.41, 5.74) is 5.83. The lowest BCUT2D eigenvalue weighted by Crippen LogP contribution is -2.38. The van der Waals surface area contributed by atoms with Crippen LogP contribution in [0, 0.1) is 5.82 Å². The Morgan fingerprint density at radius 3 is 2.22 bits per heavy atom. The van der Waals surface area contributed by atoms with Crippen LogP contribution in [0.5, 0.6) is 11.5 Å². The minimum absolute atomic E-state index is 0.319. The molecule has 6 heteroatoms. The second kappa shape index (κ2) is 7.42. The molecule has 23 heavy (non-hydrogen) atoms. The van der Waals surface area contributed by atoms with E-state index in [-0.39, 0.29) is 5.82 Å². The standard InChI is InChI=1S/C17H17FN2O3/c1-12(20(22)17(19)21)2-3-13-4-8-15(9-5-13)23-16-10-6-14(18)7-11-16/h2-12,22H,1H3,(H2,19,21)/b3-2+. The van der Waals surface area contributed by atoms with Gasteiger partial charge >= 0.3 is 6.03 Å². The fourth-order valence-electron chi connectivity index (χ4n) is 1.82. The Kier molecular flexibility index (Phi) is 5.32. The second-order valence-electron chi connectivity index (χ2n) is 4.91. The van der Waals surface area contributed by atoms with Crippen LogP contribution in [0.2, 0.25) is 0 Å². The van der Waals surface area contributed by atoms with Gasteiger partial charge in [0.2, 0.25) is 0 Å². The van der Waals surface area contributed by atoms with Crippen LogP contribution in [0.4, 0.5) is 9.18 Å². The number of primary amides is 1. The lowest BCUT2D eigenvalue weighted by atomic mass is 10.1. The summed E-state index contributed by atoms with van der Waals surface area (Å²) in [5, 5.41) is 9.81. The van der Waals surface area contributed by atoms with E-state index in [0.717, 1.165) is 5.56 Å². The van der Waals surface area contributed by atoms with E-state index in [1.807, 2.05) is 12.1 Å². The van der Waals surface area contributed by atoms with Crippen LogP contribution >= 0.6 is 0 Å². The van der Waals surface area contributed by atoms with Gasteiger partial charge in [-0.15, -0.1) is 0 Å². The largest absolute Gasteiger partial charge is 0.457 e. The van der Waals surface area contributed by atoms with E-state index in [4.69, 9.17) is 10.5 Å². The third kappa shape index (κ3) is 4.82. The highest BCUT2D eigenvalue weighted by Gasteiger charge is 2.11. The van der Waals surface area contributed by atoms with Crippen molar-refractivity contribution in [2.75, 3.05) is 0 Å². The minimum Gasteiger partial charge on any atom is -0.457 e. The third-order valence-electron chi connectivity index (χ3n) is 3.11. The first kappa shape index (κ1) is 16.5. The smallest absolute Gasteiger partial charge is 0.339 e. The van der Waals surface area contributed by atoms with Crippen molar-refractivity contribution in [2.45, 2.75) is 13.0 Å². The van der Waals surface area contributed by atoms with Gasteiger partial charge in [0.1, 0.15) is 17.3 Å². The third-order valence-corrected chi connectivity index (χ3v) is 3.11. The number of nitrogens with zero attached hydrogens (tertiary/aromatic N) is 1. The summed E-state index contributed by atoms with van der Waals surface area (Å²) in [5.74, 6) is 0.837. The van der Waals surface area contributed by atoms with Gasteiger partial charge in [-0.25, -0.2) is 9.18 Å². The van der Waals surface area contributed by atoms with E-state index >= 15 is 0 Å². The zero-order valence-corrected chi connectivity index (χ0v) is 12.5. The van der Waals surface area contributed by atoms with Crippen molar-refractivity contribution in [1.29, 1.82) is 0 Å². The zero-order chi connectivity index (χ0) is 16.8. The number of carbonyl (C=O) groups is 1. The average Bonchev–Trinajstić information content (AvgIpc) is 2.55. The predicted molar refractivity (Wildman–Crippen MR) is 84.6 cm³/mol. The highest BCUT2D eigenvalue weighted by atomic mass is 19.1. The van der Waals surface area contributed by atoms with Gasteiger partial charge in [-0.3, -0.25) is 5.21 Å². The summed E-state index contributed by atoms with van der Waals surface area (Å²) in [7, 11) is 0. The van der Waals surface area contributed by atoms with Gasteiger partial charge in [-0.2, -0.15) is 5.06 Å². The van der Waals surface area contributed by atoms with E-state index in [2.05, 4.69) is 0 Å². The molecular formula is C17H17FN2O3. The summed E-state index contributed by atoms with van der Waals surface area (Å²) in [6, 6.07) is 11.4. The number of carbonyl (C=O) groups excluding carboxylic acids is 1. The molecule has 0 heterocycles. The maximum atomic E-state index is 12.8. The predicted octanol–water partition coefficient (Wildman–Crippen LogP) is 3.79. The highest BCUT2D eigenvalue weighted by molar-refractivity contribution is 5.71. The highest BCUT2D eigenvalue weighted by Crippen LogP contribution is 2.22.